The third kappa shape index (κ3) is 3.20. The normalized spacial score (nSPS) is 23.0. The number of nitrogens with one attached hydrogen (secondary N) is 1. The van der Waals surface area contributed by atoms with E-state index in [1.54, 1.807) is 0 Å². The summed E-state index contributed by atoms with van der Waals surface area (Å²) in [5.41, 5.74) is 5.49. The van der Waals surface area contributed by atoms with Gasteiger partial charge in [0.2, 0.25) is 0 Å². The number of nitrogens with two attached hydrogens (primary N) is 1. The summed E-state index contributed by atoms with van der Waals surface area (Å²) in [6, 6.07) is 0. The van der Waals surface area contributed by atoms with Gasteiger partial charge in [-0.25, -0.2) is 0 Å². The molecule has 13 heavy (non-hydrogen) atoms. The monoisotopic (exact) mass is 186 g/mol. The molecule has 0 spiro atoms. The molecule has 76 valence electrons. The van der Waals surface area contributed by atoms with Gasteiger partial charge in [-0.3, -0.25) is 0 Å². The maximum Gasteiger partial charge on any atom is 0.143 e. The number of nitrogens with zero attached hydrogens (tertiary/aromatic N) is 2. The summed E-state index contributed by atoms with van der Waals surface area (Å²) in [6.45, 7) is 6.99. The van der Waals surface area contributed by atoms with Crippen LogP contribution in [0.2, 0.25) is 0 Å². The summed E-state index contributed by atoms with van der Waals surface area (Å²) >= 11 is 0. The van der Waals surface area contributed by atoms with Crippen LogP contribution < -0.4 is 11.1 Å². The van der Waals surface area contributed by atoms with Crippen LogP contribution in [0.5, 0.6) is 0 Å². The van der Waals surface area contributed by atoms with Gasteiger partial charge in [-0.15, -0.1) is 0 Å². The lowest BCUT2D eigenvalue weighted by atomic mass is 10.1. The maximum absolute atomic E-state index is 8.47. The van der Waals surface area contributed by atoms with E-state index in [1.165, 1.54) is 0 Å². The minimum atomic E-state index is 0.128. The minimum Gasteiger partial charge on any atom is -0.409 e. The highest BCUT2D eigenvalue weighted by Gasteiger charge is 2.15. The van der Waals surface area contributed by atoms with Crippen molar-refractivity contribution in [2.75, 3.05) is 32.7 Å². The van der Waals surface area contributed by atoms with Crippen LogP contribution >= 0.6 is 0 Å². The van der Waals surface area contributed by atoms with Crippen molar-refractivity contribution in [3.05, 3.63) is 0 Å². The summed E-state index contributed by atoms with van der Waals surface area (Å²) in [7, 11) is 0. The standard InChI is InChI=1S/C8H18N4O/c1-7(8(9)11-13)6-12-4-2-10-3-5-12/h7,10,13H,2-6H2,1H3,(H2,9,11). The number of rotatable bonds is 3. The van der Waals surface area contributed by atoms with Crippen molar-refractivity contribution >= 4 is 5.84 Å². The Hall–Kier alpha value is -0.810. The van der Waals surface area contributed by atoms with Crippen molar-refractivity contribution in [2.24, 2.45) is 16.8 Å². The Morgan fingerprint density at radius 1 is 1.62 bits per heavy atom. The topological polar surface area (TPSA) is 73.9 Å². The van der Waals surface area contributed by atoms with Crippen molar-refractivity contribution in [1.29, 1.82) is 0 Å². The van der Waals surface area contributed by atoms with Crippen LogP contribution in [0.25, 0.3) is 0 Å². The molecule has 5 heteroatoms. The summed E-state index contributed by atoms with van der Waals surface area (Å²) in [4.78, 5) is 2.32. The molecule has 0 saturated carbocycles. The van der Waals surface area contributed by atoms with E-state index >= 15 is 0 Å². The van der Waals surface area contributed by atoms with E-state index in [9.17, 15) is 0 Å². The highest BCUT2D eigenvalue weighted by Crippen LogP contribution is 2.01. The number of hydrogen-bond acceptors (Lipinski definition) is 4. The van der Waals surface area contributed by atoms with E-state index in [0.717, 1.165) is 32.7 Å². The van der Waals surface area contributed by atoms with Gasteiger partial charge < -0.3 is 21.2 Å². The number of piperazine rings is 1. The molecule has 1 saturated heterocycles. The Morgan fingerprint density at radius 2 is 2.23 bits per heavy atom. The highest BCUT2D eigenvalue weighted by molar-refractivity contribution is 5.82. The van der Waals surface area contributed by atoms with Gasteiger partial charge in [-0.1, -0.05) is 12.1 Å². The largest absolute Gasteiger partial charge is 0.409 e. The third-order valence-electron chi connectivity index (χ3n) is 2.36. The SMILES string of the molecule is CC(CN1CCNCC1)/C(N)=N/O. The zero-order valence-electron chi connectivity index (χ0n) is 8.03. The summed E-state index contributed by atoms with van der Waals surface area (Å²) in [6.07, 6.45) is 0. The van der Waals surface area contributed by atoms with Crippen molar-refractivity contribution < 1.29 is 5.21 Å². The van der Waals surface area contributed by atoms with Gasteiger partial charge in [0.15, 0.2) is 0 Å². The van der Waals surface area contributed by atoms with Crippen LogP contribution in [0.15, 0.2) is 5.16 Å². The van der Waals surface area contributed by atoms with Crippen LogP contribution in [0.1, 0.15) is 6.92 Å². The van der Waals surface area contributed by atoms with E-state index < -0.39 is 0 Å². The molecule has 4 N–H and O–H groups in total. The van der Waals surface area contributed by atoms with Crippen LogP contribution in [0.4, 0.5) is 0 Å². The van der Waals surface area contributed by atoms with Crippen LogP contribution in [0.3, 0.4) is 0 Å². The van der Waals surface area contributed by atoms with E-state index in [-0.39, 0.29) is 5.92 Å². The van der Waals surface area contributed by atoms with Crippen molar-refractivity contribution in [3.8, 4) is 0 Å². The molecule has 1 aliphatic heterocycles. The first-order valence-electron chi connectivity index (χ1n) is 4.64. The second-order valence-electron chi connectivity index (χ2n) is 3.48. The summed E-state index contributed by atoms with van der Waals surface area (Å²) in [5.74, 6) is 0.446. The predicted octanol–water partition coefficient (Wildman–Crippen LogP) is -0.726. The molecular weight excluding hydrogens is 168 g/mol. The van der Waals surface area contributed by atoms with Crippen molar-refractivity contribution in [2.45, 2.75) is 6.92 Å². The lowest BCUT2D eigenvalue weighted by molar-refractivity contribution is 0.226. The summed E-state index contributed by atoms with van der Waals surface area (Å²) in [5, 5.41) is 14.8. The second kappa shape index (κ2) is 5.04. The molecule has 0 aromatic heterocycles. The average molecular weight is 186 g/mol. The van der Waals surface area contributed by atoms with Gasteiger partial charge in [0.25, 0.3) is 0 Å². The number of oxime groups is 1. The molecule has 1 aliphatic rings. The molecular formula is C8H18N4O. The van der Waals surface area contributed by atoms with Crippen molar-refractivity contribution in [1.82, 2.24) is 10.2 Å². The predicted molar refractivity (Wildman–Crippen MR) is 51.9 cm³/mol. The Kier molecular flexibility index (Phi) is 3.98. The van der Waals surface area contributed by atoms with Gasteiger partial charge >= 0.3 is 0 Å². The third-order valence-corrected chi connectivity index (χ3v) is 2.36. The quantitative estimate of drug-likeness (QED) is 0.235. The number of hydrogen-bond donors (Lipinski definition) is 3. The molecule has 0 aliphatic carbocycles. The minimum absolute atomic E-state index is 0.128. The Bertz CT molecular complexity index is 177. The maximum atomic E-state index is 8.47. The fourth-order valence-corrected chi connectivity index (χ4v) is 1.47. The van der Waals surface area contributed by atoms with Gasteiger partial charge in [0.1, 0.15) is 5.84 Å². The summed E-state index contributed by atoms with van der Waals surface area (Å²) < 4.78 is 0. The molecule has 0 amide bonds. The molecule has 1 fully saturated rings. The zero-order valence-corrected chi connectivity index (χ0v) is 8.03. The lowest BCUT2D eigenvalue weighted by Crippen LogP contribution is -2.46. The molecule has 1 unspecified atom stereocenters. The van der Waals surface area contributed by atoms with E-state index in [1.807, 2.05) is 6.92 Å². The molecule has 1 rings (SSSR count). The van der Waals surface area contributed by atoms with Crippen LogP contribution in [-0.2, 0) is 0 Å². The smallest absolute Gasteiger partial charge is 0.143 e. The van der Waals surface area contributed by atoms with E-state index in [2.05, 4.69) is 15.4 Å². The molecule has 0 aromatic carbocycles. The van der Waals surface area contributed by atoms with E-state index in [4.69, 9.17) is 10.9 Å². The molecule has 1 heterocycles. The average Bonchev–Trinajstić information content (AvgIpc) is 2.18. The fraction of sp³-hybridized carbons (Fsp3) is 0.875. The lowest BCUT2D eigenvalue weighted by Gasteiger charge is -2.29. The zero-order chi connectivity index (χ0) is 9.68. The Labute approximate surface area is 78.6 Å². The molecule has 1 atom stereocenters. The van der Waals surface area contributed by atoms with Crippen molar-refractivity contribution in [3.63, 3.8) is 0 Å². The Balaban J connectivity index is 2.30. The van der Waals surface area contributed by atoms with Gasteiger partial charge in [-0.2, -0.15) is 0 Å². The molecule has 0 radical (unpaired) electrons. The first-order chi connectivity index (χ1) is 6.24. The van der Waals surface area contributed by atoms with Gasteiger partial charge in [0.05, 0.1) is 0 Å². The highest BCUT2D eigenvalue weighted by atomic mass is 16.4. The van der Waals surface area contributed by atoms with Crippen LogP contribution in [-0.4, -0.2) is 48.7 Å². The fourth-order valence-electron chi connectivity index (χ4n) is 1.47. The number of amidine groups is 1. The second-order valence-corrected chi connectivity index (χ2v) is 3.48. The Morgan fingerprint density at radius 3 is 2.77 bits per heavy atom. The molecule has 0 aromatic rings. The molecule has 5 nitrogen and oxygen atoms in total. The van der Waals surface area contributed by atoms with Crippen LogP contribution in [0, 0.1) is 5.92 Å². The van der Waals surface area contributed by atoms with Gasteiger partial charge in [-0.05, 0) is 0 Å². The van der Waals surface area contributed by atoms with Gasteiger partial charge in [0, 0.05) is 38.6 Å². The van der Waals surface area contributed by atoms with E-state index in [0.29, 0.717) is 5.84 Å². The first-order valence-corrected chi connectivity index (χ1v) is 4.64. The molecule has 0 bridgehead atoms. The first kappa shape index (κ1) is 10.3.